The van der Waals surface area contributed by atoms with E-state index < -0.39 is 0 Å². The standard InChI is InChI=1S/C16H16BrNO2/c1-9-8-13(19)4-5-14(9)16(20)18-12-6-10(2)15(17)11(3)7-12/h4-8,19H,1-3H3,(H,18,20). The molecule has 0 unspecified atom stereocenters. The van der Waals surface area contributed by atoms with Gasteiger partial charge in [-0.3, -0.25) is 4.79 Å². The van der Waals surface area contributed by atoms with Gasteiger partial charge in [-0.2, -0.15) is 0 Å². The molecule has 0 saturated carbocycles. The predicted molar refractivity (Wildman–Crippen MR) is 84.4 cm³/mol. The van der Waals surface area contributed by atoms with Gasteiger partial charge in [0, 0.05) is 15.7 Å². The summed E-state index contributed by atoms with van der Waals surface area (Å²) >= 11 is 3.50. The van der Waals surface area contributed by atoms with Gasteiger partial charge in [0.15, 0.2) is 0 Å². The van der Waals surface area contributed by atoms with E-state index in [-0.39, 0.29) is 11.7 Å². The molecule has 0 spiro atoms. The van der Waals surface area contributed by atoms with Crippen LogP contribution in [-0.4, -0.2) is 11.0 Å². The van der Waals surface area contributed by atoms with E-state index in [1.54, 1.807) is 19.1 Å². The number of rotatable bonds is 2. The summed E-state index contributed by atoms with van der Waals surface area (Å²) in [5.74, 6) is -0.0157. The molecule has 0 saturated heterocycles. The van der Waals surface area contributed by atoms with Gasteiger partial charge in [-0.25, -0.2) is 0 Å². The minimum Gasteiger partial charge on any atom is -0.508 e. The summed E-state index contributed by atoms with van der Waals surface area (Å²) in [4.78, 5) is 12.2. The first-order valence-corrected chi connectivity index (χ1v) is 7.05. The molecule has 0 bridgehead atoms. The van der Waals surface area contributed by atoms with E-state index in [1.165, 1.54) is 6.07 Å². The van der Waals surface area contributed by atoms with Gasteiger partial charge in [0.05, 0.1) is 0 Å². The molecule has 0 fully saturated rings. The van der Waals surface area contributed by atoms with E-state index in [1.807, 2.05) is 26.0 Å². The first-order chi connectivity index (χ1) is 9.38. The van der Waals surface area contributed by atoms with Gasteiger partial charge in [0.2, 0.25) is 0 Å². The molecule has 2 aromatic carbocycles. The zero-order valence-corrected chi connectivity index (χ0v) is 13.2. The molecule has 2 rings (SSSR count). The van der Waals surface area contributed by atoms with Gasteiger partial charge in [-0.1, -0.05) is 15.9 Å². The van der Waals surface area contributed by atoms with E-state index in [2.05, 4.69) is 21.2 Å². The third-order valence-corrected chi connectivity index (χ3v) is 4.40. The molecule has 2 aromatic rings. The molecule has 20 heavy (non-hydrogen) atoms. The second kappa shape index (κ2) is 5.67. The summed E-state index contributed by atoms with van der Waals surface area (Å²) in [6.45, 7) is 5.77. The Morgan fingerprint density at radius 3 is 2.20 bits per heavy atom. The minimum absolute atomic E-state index is 0.161. The maximum absolute atomic E-state index is 12.2. The van der Waals surface area contributed by atoms with Crippen LogP contribution in [0.4, 0.5) is 5.69 Å². The van der Waals surface area contributed by atoms with Crippen LogP contribution in [0.1, 0.15) is 27.0 Å². The first kappa shape index (κ1) is 14.6. The predicted octanol–water partition coefficient (Wildman–Crippen LogP) is 4.33. The van der Waals surface area contributed by atoms with Gasteiger partial charge in [-0.05, 0) is 67.8 Å². The van der Waals surface area contributed by atoms with Crippen molar-refractivity contribution in [2.75, 3.05) is 5.32 Å². The molecule has 0 aliphatic rings. The van der Waals surface area contributed by atoms with Crippen molar-refractivity contribution in [3.05, 3.63) is 57.1 Å². The summed E-state index contributed by atoms with van der Waals surface area (Å²) in [6.07, 6.45) is 0. The van der Waals surface area contributed by atoms with E-state index in [0.717, 1.165) is 26.9 Å². The van der Waals surface area contributed by atoms with Crippen molar-refractivity contribution in [1.29, 1.82) is 0 Å². The van der Waals surface area contributed by atoms with Crippen LogP contribution >= 0.6 is 15.9 Å². The number of phenolic OH excluding ortho intramolecular Hbond substituents is 1. The normalized spacial score (nSPS) is 10.4. The molecule has 2 N–H and O–H groups in total. The number of hydrogen-bond donors (Lipinski definition) is 2. The number of anilines is 1. The van der Waals surface area contributed by atoms with Crippen LogP contribution in [0.2, 0.25) is 0 Å². The molecule has 0 aromatic heterocycles. The highest BCUT2D eigenvalue weighted by Crippen LogP contribution is 2.25. The SMILES string of the molecule is Cc1cc(O)ccc1C(=O)Nc1cc(C)c(Br)c(C)c1. The number of nitrogens with one attached hydrogen (secondary N) is 1. The van der Waals surface area contributed by atoms with Crippen molar-refractivity contribution in [3.63, 3.8) is 0 Å². The minimum atomic E-state index is -0.177. The number of phenols is 1. The van der Waals surface area contributed by atoms with Crippen LogP contribution in [0.3, 0.4) is 0 Å². The maximum atomic E-state index is 12.2. The Kier molecular flexibility index (Phi) is 4.14. The van der Waals surface area contributed by atoms with E-state index in [4.69, 9.17) is 0 Å². The first-order valence-electron chi connectivity index (χ1n) is 6.26. The van der Waals surface area contributed by atoms with Gasteiger partial charge in [-0.15, -0.1) is 0 Å². The fraction of sp³-hybridized carbons (Fsp3) is 0.188. The Morgan fingerprint density at radius 1 is 1.05 bits per heavy atom. The van der Waals surface area contributed by atoms with Crippen LogP contribution in [0, 0.1) is 20.8 Å². The smallest absolute Gasteiger partial charge is 0.255 e. The number of aryl methyl sites for hydroxylation is 3. The van der Waals surface area contributed by atoms with Crippen LogP contribution in [0.15, 0.2) is 34.8 Å². The molecular weight excluding hydrogens is 318 g/mol. The van der Waals surface area contributed by atoms with E-state index in [0.29, 0.717) is 5.56 Å². The van der Waals surface area contributed by atoms with Crippen LogP contribution in [0.25, 0.3) is 0 Å². The lowest BCUT2D eigenvalue weighted by atomic mass is 10.1. The van der Waals surface area contributed by atoms with Crippen LogP contribution < -0.4 is 5.32 Å². The zero-order valence-electron chi connectivity index (χ0n) is 11.6. The van der Waals surface area contributed by atoms with Crippen molar-refractivity contribution in [2.24, 2.45) is 0 Å². The second-order valence-corrected chi connectivity index (χ2v) is 5.67. The number of carbonyl (C=O) groups excluding carboxylic acids is 1. The number of hydrogen-bond acceptors (Lipinski definition) is 2. The molecule has 0 radical (unpaired) electrons. The number of benzene rings is 2. The monoisotopic (exact) mass is 333 g/mol. The third kappa shape index (κ3) is 3.02. The van der Waals surface area contributed by atoms with Crippen molar-refractivity contribution >= 4 is 27.5 Å². The lowest BCUT2D eigenvalue weighted by Crippen LogP contribution is -2.13. The van der Waals surface area contributed by atoms with E-state index >= 15 is 0 Å². The second-order valence-electron chi connectivity index (χ2n) is 4.88. The maximum Gasteiger partial charge on any atom is 0.255 e. The number of amides is 1. The summed E-state index contributed by atoms with van der Waals surface area (Å²) < 4.78 is 1.05. The topological polar surface area (TPSA) is 49.3 Å². The van der Waals surface area contributed by atoms with Crippen molar-refractivity contribution in [2.45, 2.75) is 20.8 Å². The van der Waals surface area contributed by atoms with Crippen molar-refractivity contribution < 1.29 is 9.90 Å². The van der Waals surface area contributed by atoms with Gasteiger partial charge in [0.25, 0.3) is 5.91 Å². The summed E-state index contributed by atoms with van der Waals surface area (Å²) in [5, 5.41) is 12.3. The number of aromatic hydroxyl groups is 1. The Labute approximate surface area is 126 Å². The molecule has 0 atom stereocenters. The van der Waals surface area contributed by atoms with Crippen LogP contribution in [0.5, 0.6) is 5.75 Å². The Bertz CT molecular complexity index is 657. The summed E-state index contributed by atoms with van der Waals surface area (Å²) in [5.41, 5.74) is 4.21. The molecule has 4 heteroatoms. The lowest BCUT2D eigenvalue weighted by molar-refractivity contribution is 0.102. The molecule has 104 valence electrons. The highest BCUT2D eigenvalue weighted by atomic mass is 79.9. The quantitative estimate of drug-likeness (QED) is 0.859. The molecule has 0 heterocycles. The Morgan fingerprint density at radius 2 is 1.65 bits per heavy atom. The fourth-order valence-corrected chi connectivity index (χ4v) is 2.35. The average molecular weight is 334 g/mol. The largest absolute Gasteiger partial charge is 0.508 e. The highest BCUT2D eigenvalue weighted by molar-refractivity contribution is 9.10. The van der Waals surface area contributed by atoms with Crippen LogP contribution in [-0.2, 0) is 0 Å². The van der Waals surface area contributed by atoms with Crippen molar-refractivity contribution in [3.8, 4) is 5.75 Å². The Balaban J connectivity index is 2.28. The third-order valence-electron chi connectivity index (χ3n) is 3.15. The van der Waals surface area contributed by atoms with Gasteiger partial charge < -0.3 is 10.4 Å². The number of carbonyl (C=O) groups is 1. The Hall–Kier alpha value is -1.81. The molecular formula is C16H16BrNO2. The molecule has 1 amide bonds. The summed E-state index contributed by atoms with van der Waals surface area (Å²) in [6, 6.07) is 8.56. The lowest BCUT2D eigenvalue weighted by Gasteiger charge is -2.11. The fourth-order valence-electron chi connectivity index (χ4n) is 2.12. The zero-order chi connectivity index (χ0) is 14.9. The van der Waals surface area contributed by atoms with Gasteiger partial charge >= 0.3 is 0 Å². The highest BCUT2D eigenvalue weighted by Gasteiger charge is 2.11. The number of halogens is 1. The molecule has 0 aliphatic heterocycles. The summed E-state index contributed by atoms with van der Waals surface area (Å²) in [7, 11) is 0. The molecule has 0 aliphatic carbocycles. The molecule has 3 nitrogen and oxygen atoms in total. The van der Waals surface area contributed by atoms with Crippen molar-refractivity contribution in [1.82, 2.24) is 0 Å². The van der Waals surface area contributed by atoms with Gasteiger partial charge in [0.1, 0.15) is 5.75 Å². The van der Waals surface area contributed by atoms with E-state index in [9.17, 15) is 9.90 Å². The average Bonchev–Trinajstić information content (AvgIpc) is 2.35.